The van der Waals surface area contributed by atoms with E-state index in [0.29, 0.717) is 35.0 Å². The van der Waals surface area contributed by atoms with Crippen LogP contribution in [0.3, 0.4) is 0 Å². The van der Waals surface area contributed by atoms with Crippen LogP contribution in [-0.4, -0.2) is 30.0 Å². The molecule has 6 atom stereocenters. The molecule has 7 heteroatoms. The highest BCUT2D eigenvalue weighted by Gasteiger charge is 2.19. The molecule has 9 aromatic rings. The van der Waals surface area contributed by atoms with Gasteiger partial charge in [0.05, 0.1) is 0 Å². The minimum absolute atomic E-state index is 0.166. The van der Waals surface area contributed by atoms with Crippen LogP contribution in [0.15, 0.2) is 237 Å². The van der Waals surface area contributed by atoms with Crippen LogP contribution in [0.4, 0.5) is 0 Å². The molecule has 9 aromatic carbocycles. The smallest absolute Gasteiger partial charge is 0.324 e. The van der Waals surface area contributed by atoms with Crippen LogP contribution in [0.2, 0.25) is 0 Å². The van der Waals surface area contributed by atoms with Crippen LogP contribution >= 0.6 is 8.60 Å². The van der Waals surface area contributed by atoms with E-state index in [4.69, 9.17) is 14.7 Å². The lowest BCUT2D eigenvalue weighted by Crippen LogP contribution is -2.01. The lowest BCUT2D eigenvalue weighted by atomic mass is 9.87. The SMILES string of the molecule is CC(c1ccccc1)c1ccc(O)c(C(C)c2ccccc2)c1.CC(c1ccccc1)c1ccc(O)c(C(C)c2ccccc2)c1.CC(c1ccccc1)c1ccc(O)c(C(C)c2ccccc2)c1.OP(O)O. The highest BCUT2D eigenvalue weighted by Crippen LogP contribution is 2.38. The van der Waals surface area contributed by atoms with Gasteiger partial charge in [0.2, 0.25) is 0 Å². The first kappa shape index (κ1) is 55.0. The van der Waals surface area contributed by atoms with Crippen molar-refractivity contribution >= 4 is 8.60 Å². The number of aromatic hydroxyl groups is 3. The van der Waals surface area contributed by atoms with Crippen LogP contribution < -0.4 is 0 Å². The molecule has 0 saturated carbocycles. The van der Waals surface area contributed by atoms with E-state index in [-0.39, 0.29) is 17.8 Å². The largest absolute Gasteiger partial charge is 0.508 e. The van der Waals surface area contributed by atoms with E-state index in [9.17, 15) is 15.3 Å². The number of hydrogen-bond acceptors (Lipinski definition) is 6. The third kappa shape index (κ3) is 15.6. The predicted molar refractivity (Wildman–Crippen MR) is 302 cm³/mol. The van der Waals surface area contributed by atoms with E-state index in [1.54, 1.807) is 0 Å². The molecule has 0 aliphatic heterocycles. The van der Waals surface area contributed by atoms with Crippen molar-refractivity contribution in [1.29, 1.82) is 0 Å². The van der Waals surface area contributed by atoms with Crippen molar-refractivity contribution in [3.8, 4) is 17.2 Å². The van der Waals surface area contributed by atoms with E-state index in [1.807, 2.05) is 109 Å². The van der Waals surface area contributed by atoms with Crippen LogP contribution in [0.25, 0.3) is 0 Å². The molecule has 374 valence electrons. The highest BCUT2D eigenvalue weighted by molar-refractivity contribution is 7.38. The molecule has 0 saturated heterocycles. The second-order valence-corrected chi connectivity index (χ2v) is 19.1. The zero-order valence-electron chi connectivity index (χ0n) is 42.6. The summed E-state index contributed by atoms with van der Waals surface area (Å²) in [6.45, 7) is 13.0. The third-order valence-electron chi connectivity index (χ3n) is 13.9. The predicted octanol–water partition coefficient (Wildman–Crippen LogP) is 16.3. The van der Waals surface area contributed by atoms with Gasteiger partial charge in [-0.15, -0.1) is 0 Å². The first-order valence-electron chi connectivity index (χ1n) is 24.9. The van der Waals surface area contributed by atoms with E-state index in [0.717, 1.165) is 16.7 Å². The van der Waals surface area contributed by atoms with Crippen molar-refractivity contribution < 1.29 is 30.0 Å². The van der Waals surface area contributed by atoms with Gasteiger partial charge in [-0.3, -0.25) is 0 Å². The van der Waals surface area contributed by atoms with Crippen molar-refractivity contribution in [2.45, 2.75) is 77.0 Å². The van der Waals surface area contributed by atoms with Crippen LogP contribution in [0.5, 0.6) is 17.2 Å². The first-order valence-corrected chi connectivity index (χ1v) is 26.1. The second-order valence-electron chi connectivity index (χ2n) is 18.5. The summed E-state index contributed by atoms with van der Waals surface area (Å²) in [6, 6.07) is 80.3. The third-order valence-corrected chi connectivity index (χ3v) is 13.9. The maximum atomic E-state index is 10.3. The Hall–Kier alpha value is -7.31. The summed E-state index contributed by atoms with van der Waals surface area (Å²) in [5.74, 6) is 2.51. The van der Waals surface area contributed by atoms with Crippen LogP contribution in [0.1, 0.15) is 144 Å². The number of rotatable bonds is 12. The van der Waals surface area contributed by atoms with Crippen molar-refractivity contribution in [2.24, 2.45) is 0 Å². The molecule has 0 amide bonds. The number of phenols is 3. The Bertz CT molecular complexity index is 2680. The summed E-state index contributed by atoms with van der Waals surface area (Å²) in [7, 11) is -2.62. The van der Waals surface area contributed by atoms with Gasteiger partial charge in [-0.2, -0.15) is 0 Å². The Morgan fingerprint density at radius 3 is 0.575 bits per heavy atom. The summed E-state index contributed by atoms with van der Waals surface area (Å²) >= 11 is 0. The molecule has 9 rings (SSSR count). The van der Waals surface area contributed by atoms with Gasteiger partial charge in [0.25, 0.3) is 0 Å². The molecule has 0 aliphatic rings. The van der Waals surface area contributed by atoms with Crippen molar-refractivity contribution in [3.63, 3.8) is 0 Å². The van der Waals surface area contributed by atoms with Gasteiger partial charge in [-0.25, -0.2) is 0 Å². The van der Waals surface area contributed by atoms with Crippen molar-refractivity contribution in [2.75, 3.05) is 0 Å². The zero-order chi connectivity index (χ0) is 52.3. The molecule has 0 radical (unpaired) electrons. The van der Waals surface area contributed by atoms with Crippen molar-refractivity contribution in [1.82, 2.24) is 0 Å². The maximum Gasteiger partial charge on any atom is 0.324 e. The number of benzene rings is 9. The first-order chi connectivity index (χ1) is 35.2. The van der Waals surface area contributed by atoms with Gasteiger partial charge in [0, 0.05) is 52.2 Å². The Labute approximate surface area is 434 Å². The normalized spacial score (nSPS) is 13.2. The molecule has 0 fully saturated rings. The zero-order valence-corrected chi connectivity index (χ0v) is 43.5. The Morgan fingerprint density at radius 1 is 0.233 bits per heavy atom. The van der Waals surface area contributed by atoms with Gasteiger partial charge in [0.1, 0.15) is 17.2 Å². The lowest BCUT2D eigenvalue weighted by molar-refractivity contribution is 0.368. The average molecular weight is 989 g/mol. The second kappa shape index (κ2) is 27.5. The maximum absolute atomic E-state index is 10.3. The quantitative estimate of drug-likeness (QED) is 0.0678. The Kier molecular flexibility index (Phi) is 20.7. The van der Waals surface area contributed by atoms with E-state index < -0.39 is 8.60 Å². The van der Waals surface area contributed by atoms with Gasteiger partial charge < -0.3 is 30.0 Å². The van der Waals surface area contributed by atoms with Crippen LogP contribution in [0, 0.1) is 0 Å². The van der Waals surface area contributed by atoms with Gasteiger partial charge in [-0.05, 0) is 68.3 Å². The van der Waals surface area contributed by atoms with Crippen LogP contribution in [-0.2, 0) is 0 Å². The van der Waals surface area contributed by atoms with Crippen molar-refractivity contribution in [3.05, 3.63) is 303 Å². The fourth-order valence-electron chi connectivity index (χ4n) is 9.13. The summed E-state index contributed by atoms with van der Waals surface area (Å²) in [5, 5.41) is 31.0. The average Bonchev–Trinajstić information content (AvgIpc) is 3.44. The molecule has 6 nitrogen and oxygen atoms in total. The molecular formula is C66H69O6P. The molecule has 0 aromatic heterocycles. The Morgan fingerprint density at radius 2 is 0.397 bits per heavy atom. The molecular weight excluding hydrogens is 920 g/mol. The molecule has 6 unspecified atom stereocenters. The summed E-state index contributed by atoms with van der Waals surface area (Å²) < 4.78 is 0. The summed E-state index contributed by atoms with van der Waals surface area (Å²) in [4.78, 5) is 21.7. The minimum atomic E-state index is -2.62. The fourth-order valence-corrected chi connectivity index (χ4v) is 9.13. The lowest BCUT2D eigenvalue weighted by Gasteiger charge is -2.18. The summed E-state index contributed by atoms with van der Waals surface area (Å²) in [6.07, 6.45) is 0. The molecule has 0 spiro atoms. The van der Waals surface area contributed by atoms with Gasteiger partial charge in [-0.1, -0.05) is 260 Å². The van der Waals surface area contributed by atoms with E-state index in [2.05, 4.69) is 169 Å². The van der Waals surface area contributed by atoms with E-state index >= 15 is 0 Å². The number of phenolic OH excluding ortho intramolecular Hbond substituents is 3. The minimum Gasteiger partial charge on any atom is -0.508 e. The molecule has 6 N–H and O–H groups in total. The Balaban J connectivity index is 0.000000172. The summed E-state index contributed by atoms with van der Waals surface area (Å²) in [5.41, 5.74) is 14.1. The molecule has 0 bridgehead atoms. The fraction of sp³-hybridized carbons (Fsp3) is 0.182. The molecule has 0 aliphatic carbocycles. The van der Waals surface area contributed by atoms with Gasteiger partial charge in [0.15, 0.2) is 0 Å². The topological polar surface area (TPSA) is 121 Å². The number of hydrogen-bond donors (Lipinski definition) is 6. The molecule has 73 heavy (non-hydrogen) atoms. The highest BCUT2D eigenvalue weighted by atomic mass is 31.2. The standard InChI is InChI=1S/3C22H22O.H3O3P/c3*1-16(18-9-5-3-6-10-18)20-13-14-22(23)21(15-20)17(2)19-11-7-4-8-12-19;1-4(2)3/h3*3-17,23H,1-2H3;1-3H. The molecule has 0 heterocycles. The van der Waals surface area contributed by atoms with E-state index in [1.165, 1.54) is 50.1 Å². The monoisotopic (exact) mass is 988 g/mol. The van der Waals surface area contributed by atoms with Gasteiger partial charge >= 0.3 is 8.60 Å².